The molecule has 10 aliphatic heterocycles. The van der Waals surface area contributed by atoms with Gasteiger partial charge in [0.25, 0.3) is 21.2 Å². The molecular formula is C64H66F6N28Na3O27P3S6. The largest absolute Gasteiger partial charge is 1.00 e. The van der Waals surface area contributed by atoms with E-state index in [0.717, 1.165) is 51.7 Å². The first-order valence-corrected chi connectivity index (χ1v) is 51.4. The molecule has 9 fully saturated rings. The van der Waals surface area contributed by atoms with Crippen molar-refractivity contribution in [3.05, 3.63) is 95.0 Å². The Kier molecular flexibility index (Phi) is 30.4. The van der Waals surface area contributed by atoms with Crippen molar-refractivity contribution in [2.24, 2.45) is 4.99 Å². The first kappa shape index (κ1) is 104. The zero-order chi connectivity index (χ0) is 94.6. The van der Waals surface area contributed by atoms with E-state index in [4.69, 9.17) is 121 Å². The number of halogens is 6. The Bertz CT molecular complexity index is 6900. The number of nitrogens with two attached hydrogens (primary N) is 3. The number of aliphatic imine (C=N–C) groups is 1. The third-order valence-corrected chi connectivity index (χ3v) is 30.1. The number of H-pyrrole nitrogens is 2. The number of anilines is 3. The molecule has 0 radical (unpaired) electrons. The molecule has 27 atom stereocenters. The van der Waals surface area contributed by atoms with Crippen molar-refractivity contribution in [2.75, 3.05) is 55.9 Å². The summed E-state index contributed by atoms with van der Waals surface area (Å²) in [6.45, 7) is -14.3. The smallest absolute Gasteiger partial charge is 0.780 e. The summed E-state index contributed by atoms with van der Waals surface area (Å²) in [5.74, 6) is -0.609. The number of nitrogens with one attached hydrogen (secondary N) is 4. The zero-order valence-electron chi connectivity index (χ0n) is 70.5. The molecule has 3 unspecified atom stereocenters. The maximum absolute atomic E-state index is 15.9. The van der Waals surface area contributed by atoms with E-state index >= 15 is 26.3 Å². The van der Waals surface area contributed by atoms with E-state index in [0.29, 0.717) is 0 Å². The monoisotopic (exact) mass is 2130 g/mol. The fraction of sp³-hybridized carbons (Fsp3) is 0.531. The molecule has 10 aliphatic rings. The predicted molar refractivity (Wildman–Crippen MR) is 440 cm³/mol. The van der Waals surface area contributed by atoms with E-state index in [1.165, 1.54) is 52.7 Å². The number of carbonyl (C=O) groups excluding carboxylic acids is 1. The van der Waals surface area contributed by atoms with E-state index in [1.807, 2.05) is 0 Å². The van der Waals surface area contributed by atoms with Crippen LogP contribution in [0.15, 0.2) is 71.5 Å². The van der Waals surface area contributed by atoms with Gasteiger partial charge in [-0.2, -0.15) is 34.7 Å². The number of nitrogen functional groups attached to an aromatic ring is 3. The Labute approximate surface area is 844 Å². The molecule has 0 amide bonds. The SMILES string of the molecule is Cc1nc2c(ncn2[C@@H]2O[C@@H]3COP(=O)([S-])O[C@H]4[C@@H](F)[C@H](n5cnc6c(N)ncnc65)O[C@@H]4CNS(=O)(=O)O[C@H]3[C@@H]2F)c(=O)[nH]1.Cc1nc2c(ncn2[C@@H]2O[C@@H]3COP([O-])(=S)O[C@H]4[C@@H](F)[C@H](n5cnc6c(N)ncnc65)O[C@@H]4CNS(=O)(=O)O[C@H]3[C@@H]2F)c(=O)[nH]1.Nc1ncnc2c1ncn2[C@@H]1O[C@@H]2COP([O-])(=S)O[C@H]3[C@@H](F)[C@H](n4cnc5c4N=CCC5=O)O[C@@H]3CCS(=O)(=O)O[C@H]2[C@H]1F.[Na+].[Na+].[Na+]. The fourth-order valence-electron chi connectivity index (χ4n) is 16.2. The van der Waals surface area contributed by atoms with Gasteiger partial charge in [-0.25, -0.2) is 109 Å². The molecule has 10 N–H and O–H groups in total. The average molecular weight is 2130 g/mol. The first-order chi connectivity index (χ1) is 63.6. The van der Waals surface area contributed by atoms with Crippen LogP contribution in [-0.2, 0) is 139 Å². The second kappa shape index (κ2) is 40.1. The van der Waals surface area contributed by atoms with Gasteiger partial charge in [0.1, 0.15) is 128 Å². The molecule has 21 rings (SSSR count). The van der Waals surface area contributed by atoms with Crippen molar-refractivity contribution < 1.29 is 228 Å². The molecule has 0 aliphatic carbocycles. The summed E-state index contributed by atoms with van der Waals surface area (Å²) in [4.78, 5) is 128. The van der Waals surface area contributed by atoms with E-state index in [1.54, 1.807) is 0 Å². The summed E-state index contributed by atoms with van der Waals surface area (Å²) in [6.07, 6.45) is -30.1. The van der Waals surface area contributed by atoms with Gasteiger partial charge in [0, 0.05) is 25.7 Å². The van der Waals surface area contributed by atoms with E-state index < -0.39 is 255 Å². The number of hydrogen-bond acceptors (Lipinski definition) is 48. The topological polar surface area (TPSA) is 711 Å². The molecule has 0 bridgehead atoms. The van der Waals surface area contributed by atoms with Crippen LogP contribution in [-0.4, -0.2) is 293 Å². The number of rotatable bonds is 6. The van der Waals surface area contributed by atoms with Gasteiger partial charge in [-0.15, -0.1) is 0 Å². The van der Waals surface area contributed by atoms with Gasteiger partial charge in [0.2, 0.25) is 0 Å². The van der Waals surface area contributed by atoms with Crippen LogP contribution >= 0.6 is 20.2 Å². The normalized spacial score (nSPS) is 35.3. The Morgan fingerprint density at radius 1 is 0.445 bits per heavy atom. The van der Waals surface area contributed by atoms with Gasteiger partial charge in [-0.3, -0.25) is 50.5 Å². The summed E-state index contributed by atoms with van der Waals surface area (Å²) in [5, 5.41) is 0. The number of carbonyl (C=O) groups is 1. The summed E-state index contributed by atoms with van der Waals surface area (Å²) in [5.41, 5.74) is 16.7. The maximum Gasteiger partial charge on any atom is 1.00 e. The zero-order valence-corrected chi connectivity index (χ0v) is 84.1. The number of ketones is 1. The summed E-state index contributed by atoms with van der Waals surface area (Å²) in [7, 11) is -14.0. The molecule has 11 aromatic rings. The number of Topliss-reactive ketones (excluding diaryl/α,β-unsaturated/α-hetero) is 1. The second-order valence-electron chi connectivity index (χ2n) is 30.8. The van der Waals surface area contributed by atoms with Crippen molar-refractivity contribution in [3.63, 3.8) is 0 Å². The molecular weight excluding hydrogens is 2060 g/mol. The third kappa shape index (κ3) is 20.5. The summed E-state index contributed by atoms with van der Waals surface area (Å²) < 4.78 is 280. The standard InChI is InChI=1S/C22H23F2N8O9PS2.2C21H23F2N10O9PS2.3Na/c23-12-16-10(38-21(12)31-7-29-14-9(33)1-3-26-19(14)31)2-4-44(35,36)41-17-11(5-37-42(34,43)40-16)39-22(13(17)24)32-8-30-15-18(25)27-6-28-20(15)32;2*1-7-30-18-13(19(34)31-7)28-6-33(18)21-11(23)15-9(40-21)3-38-43(35,44)41-14-8(2-29-45(36,37)42-15)39-20(10(14)22)32-5-27-12-16(24)25-4-26-17(12)32;;;/h3,6-8,10-13,16-17,21-22H,1-2,4-5H2,(H,34,43)(H2,25,27,28);2*4-6,8-11,14-15,20-21,29H,2-3H2,1H3,(H,35,44)(H2,24,25,26)(H,30,31,34);;;/q;;;3*+1/p-3/t10-,11-,12-,13-,16-,17-,21-,22-,42?;2*8-,9-,10-,11+,14-,15-,20-,21-,43?;;;/m111.../s1. The molecule has 0 saturated carbocycles. The number of hydrogen-bond donors (Lipinski definition) is 7. The molecule has 137 heavy (non-hydrogen) atoms. The molecule has 0 aromatic carbocycles. The number of aryl methyl sites for hydroxylation is 2. The van der Waals surface area contributed by atoms with Gasteiger partial charge >= 0.3 is 109 Å². The van der Waals surface area contributed by atoms with Crippen LogP contribution in [0.3, 0.4) is 0 Å². The predicted octanol–water partition coefficient (Wildman–Crippen LogP) is -10.7. The second-order valence-corrected chi connectivity index (χ2v) is 43.4. The first-order valence-electron chi connectivity index (χ1n) is 39.3. The van der Waals surface area contributed by atoms with E-state index in [9.17, 15) is 54.0 Å². The molecule has 21 heterocycles. The van der Waals surface area contributed by atoms with Crippen LogP contribution in [0.25, 0.3) is 55.8 Å². The van der Waals surface area contributed by atoms with Crippen molar-refractivity contribution >= 4 is 178 Å². The Morgan fingerprint density at radius 2 is 0.781 bits per heavy atom. The molecule has 720 valence electrons. The van der Waals surface area contributed by atoms with Crippen LogP contribution < -0.4 is 136 Å². The van der Waals surface area contributed by atoms with Crippen molar-refractivity contribution in [2.45, 2.75) is 174 Å². The Balaban J connectivity index is 0.000000147. The van der Waals surface area contributed by atoms with Gasteiger partial charge in [-0.1, -0.05) is 23.6 Å². The molecule has 73 heteroatoms. The van der Waals surface area contributed by atoms with Crippen molar-refractivity contribution in [1.29, 1.82) is 0 Å². The van der Waals surface area contributed by atoms with Crippen LogP contribution in [0.1, 0.15) is 72.3 Å². The van der Waals surface area contributed by atoms with Crippen LogP contribution in [0.2, 0.25) is 0 Å². The Hall–Kier alpha value is -6.15. The summed E-state index contributed by atoms with van der Waals surface area (Å²) in [6, 6.07) is 0. The minimum atomic E-state index is -4.77. The average Bonchev–Trinajstić information content (AvgIpc) is 1.63. The van der Waals surface area contributed by atoms with Gasteiger partial charge in [-0.05, 0) is 20.3 Å². The van der Waals surface area contributed by atoms with Crippen molar-refractivity contribution in [3.8, 4) is 0 Å². The number of aromatic nitrogens is 22. The number of nitrogens with zero attached hydrogens (tertiary/aromatic N) is 21. The van der Waals surface area contributed by atoms with Gasteiger partial charge < -0.3 is 105 Å². The molecule has 0 spiro atoms. The molecule has 9 saturated heterocycles. The fourth-order valence-corrected chi connectivity index (χ4v) is 23.6. The minimum Gasteiger partial charge on any atom is -0.780 e. The van der Waals surface area contributed by atoms with Crippen LogP contribution in [0, 0.1) is 13.8 Å². The minimum absolute atomic E-state index is 0. The van der Waals surface area contributed by atoms with Crippen LogP contribution in [0.5, 0.6) is 0 Å². The van der Waals surface area contributed by atoms with E-state index in [-0.39, 0.29) is 197 Å². The van der Waals surface area contributed by atoms with Gasteiger partial charge in [0.05, 0.1) is 69.6 Å². The number of aromatic amines is 2. The molecule has 55 nitrogen and oxygen atoms in total. The van der Waals surface area contributed by atoms with E-state index in [2.05, 4.69) is 94.2 Å². The number of ether oxygens (including phenoxy) is 6. The van der Waals surface area contributed by atoms with Crippen molar-refractivity contribution in [1.82, 2.24) is 117 Å². The van der Waals surface area contributed by atoms with Crippen LogP contribution in [0.4, 0.5) is 49.6 Å². The maximum atomic E-state index is 15.9. The number of imidazole rings is 6. The Morgan fingerprint density at radius 3 is 1.20 bits per heavy atom. The van der Waals surface area contributed by atoms with Gasteiger partial charge in [0.15, 0.2) is 155 Å². The molecule has 11 aromatic heterocycles. The number of alkyl halides is 6. The quantitative estimate of drug-likeness (QED) is 0.0267. The third-order valence-electron chi connectivity index (χ3n) is 22.3. The number of fused-ring (bicyclic) bond motifs is 12. The summed E-state index contributed by atoms with van der Waals surface area (Å²) >= 11 is 15.0.